The Bertz CT molecular complexity index is 698. The fourth-order valence-electron chi connectivity index (χ4n) is 1.53. The normalized spacial score (nSPS) is 11.3. The van der Waals surface area contributed by atoms with E-state index >= 15 is 0 Å². The Morgan fingerprint density at radius 1 is 1.39 bits per heavy atom. The maximum atomic E-state index is 11.6. The van der Waals surface area contributed by atoms with Crippen LogP contribution in [0, 0.1) is 0 Å². The molecule has 0 saturated carbocycles. The highest BCUT2D eigenvalue weighted by Gasteiger charge is 2.12. The van der Waals surface area contributed by atoms with Crippen LogP contribution >= 0.6 is 12.2 Å². The molecule has 18 heavy (non-hydrogen) atoms. The standard InChI is InChI=1S/C11H11N3O2S2/c12-11(17)7-18(15,16)14-9-5-8-3-1-2-4-10(8)13-6-9/h1-6,14H,7H2,(H2,12,17). The second-order valence-electron chi connectivity index (χ2n) is 3.74. The van der Waals surface area contributed by atoms with Crippen molar-refractivity contribution in [2.45, 2.75) is 0 Å². The molecule has 0 bridgehead atoms. The number of para-hydroxylation sites is 1. The first kappa shape index (κ1) is 12.7. The van der Waals surface area contributed by atoms with Gasteiger partial charge in [-0.1, -0.05) is 30.4 Å². The molecule has 1 heterocycles. The van der Waals surface area contributed by atoms with Crippen LogP contribution in [0.5, 0.6) is 0 Å². The Hall–Kier alpha value is -1.73. The average molecular weight is 281 g/mol. The fourth-order valence-corrected chi connectivity index (χ4v) is 2.91. The van der Waals surface area contributed by atoms with Crippen molar-refractivity contribution < 1.29 is 8.42 Å². The number of hydrogen-bond donors (Lipinski definition) is 2. The minimum Gasteiger partial charge on any atom is -0.392 e. The number of aromatic nitrogens is 1. The molecule has 0 saturated heterocycles. The third-order valence-electron chi connectivity index (χ3n) is 2.20. The molecule has 0 aliphatic heterocycles. The molecule has 2 aromatic rings. The molecule has 0 unspecified atom stereocenters. The van der Waals surface area contributed by atoms with Crippen molar-refractivity contribution in [3.63, 3.8) is 0 Å². The van der Waals surface area contributed by atoms with E-state index in [2.05, 4.69) is 21.9 Å². The van der Waals surface area contributed by atoms with Gasteiger partial charge in [0.05, 0.1) is 22.4 Å². The van der Waals surface area contributed by atoms with Crippen molar-refractivity contribution in [1.29, 1.82) is 0 Å². The molecule has 0 radical (unpaired) electrons. The Balaban J connectivity index is 2.30. The number of benzene rings is 1. The number of thiocarbonyl (C=S) groups is 1. The Morgan fingerprint density at radius 2 is 2.11 bits per heavy atom. The van der Waals surface area contributed by atoms with Gasteiger partial charge in [-0.05, 0) is 12.1 Å². The van der Waals surface area contributed by atoms with E-state index < -0.39 is 10.0 Å². The molecule has 7 heteroatoms. The second kappa shape index (κ2) is 4.87. The lowest BCUT2D eigenvalue weighted by atomic mass is 10.2. The average Bonchev–Trinajstić information content (AvgIpc) is 2.26. The van der Waals surface area contributed by atoms with Crippen LogP contribution in [0.4, 0.5) is 5.69 Å². The fraction of sp³-hybridized carbons (Fsp3) is 0.0909. The number of sulfonamides is 1. The minimum absolute atomic E-state index is 0.0729. The molecular formula is C11H11N3O2S2. The molecule has 1 aromatic carbocycles. The molecule has 5 nitrogen and oxygen atoms in total. The van der Waals surface area contributed by atoms with E-state index in [4.69, 9.17) is 5.73 Å². The zero-order chi connectivity index (χ0) is 13.2. The molecule has 2 rings (SSSR count). The van der Waals surface area contributed by atoms with Gasteiger partial charge in [-0.2, -0.15) is 0 Å². The summed E-state index contributed by atoms with van der Waals surface area (Å²) in [4.78, 5) is 4.08. The van der Waals surface area contributed by atoms with Crippen molar-refractivity contribution >= 4 is 43.8 Å². The number of anilines is 1. The van der Waals surface area contributed by atoms with Crippen LogP contribution in [0.25, 0.3) is 10.9 Å². The summed E-state index contributed by atoms with van der Waals surface area (Å²) in [5, 5.41) is 0.855. The molecule has 0 spiro atoms. The molecule has 0 fully saturated rings. The van der Waals surface area contributed by atoms with Crippen LogP contribution in [0.15, 0.2) is 36.5 Å². The number of nitrogens with one attached hydrogen (secondary N) is 1. The third kappa shape index (κ3) is 3.14. The van der Waals surface area contributed by atoms with Gasteiger partial charge in [-0.15, -0.1) is 0 Å². The van der Waals surface area contributed by atoms with E-state index in [0.717, 1.165) is 10.9 Å². The molecule has 0 amide bonds. The molecular weight excluding hydrogens is 270 g/mol. The van der Waals surface area contributed by atoms with Gasteiger partial charge in [-0.3, -0.25) is 9.71 Å². The molecule has 94 valence electrons. The van der Waals surface area contributed by atoms with E-state index in [9.17, 15) is 8.42 Å². The van der Waals surface area contributed by atoms with Crippen LogP contribution in [0.1, 0.15) is 0 Å². The van der Waals surface area contributed by atoms with Crippen molar-refractivity contribution in [3.8, 4) is 0 Å². The van der Waals surface area contributed by atoms with Gasteiger partial charge in [0.1, 0.15) is 5.75 Å². The maximum absolute atomic E-state index is 11.6. The first-order valence-corrected chi connectivity index (χ1v) is 7.16. The van der Waals surface area contributed by atoms with Crippen molar-refractivity contribution in [1.82, 2.24) is 4.98 Å². The number of hydrogen-bond acceptors (Lipinski definition) is 4. The van der Waals surface area contributed by atoms with E-state index in [-0.39, 0.29) is 10.7 Å². The van der Waals surface area contributed by atoms with Gasteiger partial charge in [0.25, 0.3) is 0 Å². The summed E-state index contributed by atoms with van der Waals surface area (Å²) in [6.07, 6.45) is 1.46. The lowest BCUT2D eigenvalue weighted by Crippen LogP contribution is -2.26. The molecule has 0 atom stereocenters. The summed E-state index contributed by atoms with van der Waals surface area (Å²) < 4.78 is 25.7. The Kier molecular flexibility index (Phi) is 3.44. The number of nitrogens with zero attached hydrogens (tertiary/aromatic N) is 1. The number of rotatable bonds is 4. The van der Waals surface area contributed by atoms with Gasteiger partial charge in [0, 0.05) is 5.39 Å². The summed E-state index contributed by atoms with van der Waals surface area (Å²) in [5.74, 6) is -0.380. The van der Waals surface area contributed by atoms with Crippen LogP contribution in [-0.4, -0.2) is 24.1 Å². The number of fused-ring (bicyclic) bond motifs is 1. The molecule has 0 aliphatic rings. The zero-order valence-electron chi connectivity index (χ0n) is 9.33. The zero-order valence-corrected chi connectivity index (χ0v) is 11.0. The largest absolute Gasteiger partial charge is 0.392 e. The van der Waals surface area contributed by atoms with Gasteiger partial charge < -0.3 is 5.73 Å². The Labute approximate surface area is 110 Å². The van der Waals surface area contributed by atoms with Crippen molar-refractivity contribution in [2.24, 2.45) is 5.73 Å². The quantitative estimate of drug-likeness (QED) is 0.824. The smallest absolute Gasteiger partial charge is 0.239 e. The SMILES string of the molecule is NC(=S)CS(=O)(=O)Nc1cnc2ccccc2c1. The van der Waals surface area contributed by atoms with Gasteiger partial charge in [0.15, 0.2) is 0 Å². The highest BCUT2D eigenvalue weighted by molar-refractivity contribution is 7.95. The predicted molar refractivity (Wildman–Crippen MR) is 75.9 cm³/mol. The summed E-state index contributed by atoms with van der Waals surface area (Å²) in [6, 6.07) is 9.14. The lowest BCUT2D eigenvalue weighted by Gasteiger charge is -2.07. The second-order valence-corrected chi connectivity index (χ2v) is 5.99. The van der Waals surface area contributed by atoms with Crippen LogP contribution in [-0.2, 0) is 10.0 Å². The van der Waals surface area contributed by atoms with Gasteiger partial charge in [0.2, 0.25) is 10.0 Å². The van der Waals surface area contributed by atoms with E-state index in [1.165, 1.54) is 6.20 Å². The van der Waals surface area contributed by atoms with E-state index in [0.29, 0.717) is 5.69 Å². The van der Waals surface area contributed by atoms with Crippen LogP contribution in [0.2, 0.25) is 0 Å². The highest BCUT2D eigenvalue weighted by Crippen LogP contribution is 2.16. The minimum atomic E-state index is -3.56. The summed E-state index contributed by atoms with van der Waals surface area (Å²) in [5.41, 5.74) is 6.41. The lowest BCUT2D eigenvalue weighted by molar-refractivity contribution is 0.605. The van der Waals surface area contributed by atoms with Crippen molar-refractivity contribution in [3.05, 3.63) is 36.5 Å². The summed E-state index contributed by atoms with van der Waals surface area (Å²) >= 11 is 4.58. The third-order valence-corrected chi connectivity index (χ3v) is 3.76. The van der Waals surface area contributed by atoms with Gasteiger partial charge >= 0.3 is 0 Å². The first-order valence-electron chi connectivity index (χ1n) is 5.10. The number of pyridine rings is 1. The highest BCUT2D eigenvalue weighted by atomic mass is 32.2. The van der Waals surface area contributed by atoms with Crippen LogP contribution in [0.3, 0.4) is 0 Å². The molecule has 0 aliphatic carbocycles. The summed E-state index contributed by atoms with van der Waals surface area (Å²) in [7, 11) is -3.56. The molecule has 3 N–H and O–H groups in total. The monoisotopic (exact) mass is 281 g/mol. The summed E-state index contributed by atoms with van der Waals surface area (Å²) in [6.45, 7) is 0. The predicted octanol–water partition coefficient (Wildman–Crippen LogP) is 1.26. The maximum Gasteiger partial charge on any atom is 0.239 e. The van der Waals surface area contributed by atoms with E-state index in [1.54, 1.807) is 6.07 Å². The van der Waals surface area contributed by atoms with Crippen molar-refractivity contribution in [2.75, 3.05) is 10.5 Å². The topological polar surface area (TPSA) is 85.1 Å². The van der Waals surface area contributed by atoms with E-state index in [1.807, 2.05) is 24.3 Å². The number of nitrogens with two attached hydrogens (primary N) is 1. The van der Waals surface area contributed by atoms with Crippen LogP contribution < -0.4 is 10.5 Å². The first-order chi connectivity index (χ1) is 8.46. The molecule has 1 aromatic heterocycles. The Morgan fingerprint density at radius 3 is 2.83 bits per heavy atom. The van der Waals surface area contributed by atoms with Gasteiger partial charge in [-0.25, -0.2) is 8.42 Å².